The molecular formula is C7H9FINO. The molecule has 0 saturated heterocycles. The van der Waals surface area contributed by atoms with Gasteiger partial charge in [-0.25, -0.2) is 0 Å². The van der Waals surface area contributed by atoms with Gasteiger partial charge in [-0.2, -0.15) is 4.39 Å². The molecule has 0 aliphatic rings. The van der Waals surface area contributed by atoms with E-state index in [-0.39, 0.29) is 5.41 Å². The summed E-state index contributed by atoms with van der Waals surface area (Å²) in [6, 6.07) is -0.587. The molecule has 11 heavy (non-hydrogen) atoms. The first-order valence-corrected chi connectivity index (χ1v) is 4.32. The summed E-state index contributed by atoms with van der Waals surface area (Å²) in [5.41, 5.74) is 0.528. The molecule has 0 aliphatic heterocycles. The van der Waals surface area contributed by atoms with Gasteiger partial charge >= 0.3 is 6.01 Å². The van der Waals surface area contributed by atoms with E-state index in [1.807, 2.05) is 43.4 Å². The molecule has 4 heteroatoms. The second-order valence-electron chi connectivity index (χ2n) is 3.37. The second-order valence-corrected chi connectivity index (χ2v) is 4.45. The van der Waals surface area contributed by atoms with Crippen molar-refractivity contribution >= 4 is 22.6 Å². The summed E-state index contributed by atoms with van der Waals surface area (Å²) >= 11 is 1.89. The topological polar surface area (TPSA) is 26.0 Å². The molecule has 0 aromatic carbocycles. The molecule has 0 unspecified atom stereocenters. The van der Waals surface area contributed by atoms with Crippen LogP contribution in [0.2, 0.25) is 0 Å². The fourth-order valence-corrected chi connectivity index (χ4v) is 1.73. The van der Waals surface area contributed by atoms with Gasteiger partial charge in [-0.3, -0.25) is 0 Å². The number of nitrogens with zero attached hydrogens (tertiary/aromatic N) is 1. The van der Waals surface area contributed by atoms with Gasteiger partial charge in [0, 0.05) is 5.41 Å². The van der Waals surface area contributed by atoms with Gasteiger partial charge in [0.05, 0.1) is 0 Å². The van der Waals surface area contributed by atoms with E-state index in [1.54, 1.807) is 0 Å². The first-order valence-electron chi connectivity index (χ1n) is 3.24. The molecule has 62 valence electrons. The summed E-state index contributed by atoms with van der Waals surface area (Å²) in [7, 11) is 0. The van der Waals surface area contributed by atoms with Gasteiger partial charge in [-0.1, -0.05) is 25.9 Å². The van der Waals surface area contributed by atoms with Gasteiger partial charge in [0.1, 0.15) is 9.26 Å². The fourth-order valence-electron chi connectivity index (χ4n) is 0.725. The number of aromatic nitrogens is 1. The quantitative estimate of drug-likeness (QED) is 0.677. The van der Waals surface area contributed by atoms with Crippen LogP contribution in [0.1, 0.15) is 26.5 Å². The monoisotopic (exact) mass is 269 g/mol. The van der Waals surface area contributed by atoms with Crippen molar-refractivity contribution < 1.29 is 8.91 Å². The highest BCUT2D eigenvalue weighted by atomic mass is 127. The van der Waals surface area contributed by atoms with Gasteiger partial charge in [-0.05, 0) is 22.6 Å². The number of hydrogen-bond donors (Lipinski definition) is 0. The molecule has 0 saturated carbocycles. The SMILES string of the molecule is CC(C)(C)c1noc(F)c1I. The molecule has 1 aromatic rings. The molecule has 1 rings (SSSR count). The van der Waals surface area contributed by atoms with E-state index in [2.05, 4.69) is 9.68 Å². The summed E-state index contributed by atoms with van der Waals surface area (Å²) in [5.74, 6) is 0. The van der Waals surface area contributed by atoms with Gasteiger partial charge in [0.2, 0.25) is 0 Å². The van der Waals surface area contributed by atoms with Crippen LogP contribution in [0.5, 0.6) is 0 Å². The van der Waals surface area contributed by atoms with Crippen LogP contribution >= 0.6 is 22.6 Å². The minimum absolute atomic E-state index is 0.148. The predicted octanol–water partition coefficient (Wildman–Crippen LogP) is 2.72. The van der Waals surface area contributed by atoms with E-state index >= 15 is 0 Å². The first-order chi connectivity index (χ1) is 4.93. The number of hydrogen-bond acceptors (Lipinski definition) is 2. The van der Waals surface area contributed by atoms with Crippen LogP contribution in [-0.2, 0) is 5.41 Å². The molecule has 1 aromatic heterocycles. The summed E-state index contributed by atoms with van der Waals surface area (Å²) in [4.78, 5) is 0. The zero-order chi connectivity index (χ0) is 8.65. The molecule has 0 fully saturated rings. The average molecular weight is 269 g/mol. The Morgan fingerprint density at radius 2 is 2.00 bits per heavy atom. The van der Waals surface area contributed by atoms with E-state index in [0.29, 0.717) is 9.26 Å². The Kier molecular flexibility index (Phi) is 2.22. The van der Waals surface area contributed by atoms with Gasteiger partial charge in [0.15, 0.2) is 0 Å². The van der Waals surface area contributed by atoms with Crippen molar-refractivity contribution in [2.75, 3.05) is 0 Å². The molecule has 0 atom stereocenters. The Bertz CT molecular complexity index is 264. The largest absolute Gasteiger partial charge is 0.324 e. The Morgan fingerprint density at radius 3 is 2.18 bits per heavy atom. The van der Waals surface area contributed by atoms with Crippen LogP contribution in [0.3, 0.4) is 0 Å². The standard InChI is InChI=1S/C7H9FINO/c1-7(2,3)5-4(9)6(8)11-10-5/h1-3H3. The third-order valence-electron chi connectivity index (χ3n) is 1.31. The number of halogens is 2. The molecule has 2 nitrogen and oxygen atoms in total. The summed E-state index contributed by atoms with van der Waals surface area (Å²) < 4.78 is 17.5. The molecule has 1 heterocycles. The maximum absolute atomic E-state index is 12.6. The van der Waals surface area contributed by atoms with Crippen LogP contribution in [0.15, 0.2) is 4.52 Å². The zero-order valence-corrected chi connectivity index (χ0v) is 8.77. The van der Waals surface area contributed by atoms with E-state index in [9.17, 15) is 4.39 Å². The molecule has 0 amide bonds. The van der Waals surface area contributed by atoms with E-state index < -0.39 is 6.01 Å². The second kappa shape index (κ2) is 2.73. The molecule has 0 N–H and O–H groups in total. The predicted molar refractivity (Wildman–Crippen MR) is 47.9 cm³/mol. The lowest BCUT2D eigenvalue weighted by atomic mass is 9.93. The maximum atomic E-state index is 12.6. The Hall–Kier alpha value is -0.130. The molecular weight excluding hydrogens is 260 g/mol. The van der Waals surface area contributed by atoms with Crippen molar-refractivity contribution in [3.8, 4) is 0 Å². The Labute approximate surface area is 78.3 Å². The molecule has 0 radical (unpaired) electrons. The van der Waals surface area contributed by atoms with E-state index in [4.69, 9.17) is 0 Å². The minimum Gasteiger partial charge on any atom is -0.324 e. The maximum Gasteiger partial charge on any atom is 0.319 e. The third-order valence-corrected chi connectivity index (χ3v) is 2.24. The van der Waals surface area contributed by atoms with Gasteiger partial charge in [-0.15, -0.1) is 0 Å². The van der Waals surface area contributed by atoms with Crippen molar-refractivity contribution in [3.63, 3.8) is 0 Å². The zero-order valence-electron chi connectivity index (χ0n) is 6.61. The van der Waals surface area contributed by atoms with Crippen molar-refractivity contribution in [1.29, 1.82) is 0 Å². The highest BCUT2D eigenvalue weighted by Gasteiger charge is 2.24. The van der Waals surface area contributed by atoms with Crippen molar-refractivity contribution in [2.24, 2.45) is 0 Å². The smallest absolute Gasteiger partial charge is 0.319 e. The summed E-state index contributed by atoms with van der Waals surface area (Å²) in [6.45, 7) is 5.89. The van der Waals surface area contributed by atoms with Crippen LogP contribution in [0.4, 0.5) is 4.39 Å². The number of rotatable bonds is 0. The molecule has 0 spiro atoms. The minimum atomic E-state index is -0.587. The Morgan fingerprint density at radius 1 is 1.45 bits per heavy atom. The van der Waals surface area contributed by atoms with Crippen molar-refractivity contribution in [1.82, 2.24) is 5.16 Å². The summed E-state index contributed by atoms with van der Waals surface area (Å²) in [6.07, 6.45) is 0. The highest BCUT2D eigenvalue weighted by molar-refractivity contribution is 14.1. The lowest BCUT2D eigenvalue weighted by molar-refractivity contribution is 0.274. The van der Waals surface area contributed by atoms with Gasteiger partial charge < -0.3 is 4.52 Å². The van der Waals surface area contributed by atoms with Crippen LogP contribution < -0.4 is 0 Å². The normalized spacial score (nSPS) is 12.1. The third kappa shape index (κ3) is 1.72. The van der Waals surface area contributed by atoms with E-state index in [1.165, 1.54) is 0 Å². The van der Waals surface area contributed by atoms with Crippen LogP contribution in [0.25, 0.3) is 0 Å². The van der Waals surface area contributed by atoms with Crippen LogP contribution in [-0.4, -0.2) is 5.16 Å². The first kappa shape index (κ1) is 8.96. The Balaban J connectivity index is 3.15. The lowest BCUT2D eigenvalue weighted by Crippen LogP contribution is -2.13. The van der Waals surface area contributed by atoms with Gasteiger partial charge in [0.25, 0.3) is 0 Å². The van der Waals surface area contributed by atoms with Crippen molar-refractivity contribution in [2.45, 2.75) is 26.2 Å². The summed E-state index contributed by atoms with van der Waals surface area (Å²) in [5, 5.41) is 3.63. The van der Waals surface area contributed by atoms with Crippen molar-refractivity contribution in [3.05, 3.63) is 15.3 Å². The lowest BCUT2D eigenvalue weighted by Gasteiger charge is -2.13. The molecule has 0 bridgehead atoms. The molecule has 0 aliphatic carbocycles. The fraction of sp³-hybridized carbons (Fsp3) is 0.571. The van der Waals surface area contributed by atoms with Crippen LogP contribution in [0, 0.1) is 9.58 Å². The average Bonchev–Trinajstić information content (AvgIpc) is 2.11. The highest BCUT2D eigenvalue weighted by Crippen LogP contribution is 2.27. The van der Waals surface area contributed by atoms with E-state index in [0.717, 1.165) is 0 Å².